The third kappa shape index (κ3) is 2.50. The molecule has 2 aliphatic rings. The van der Waals surface area contributed by atoms with E-state index in [2.05, 4.69) is 4.90 Å². The number of nitro benzene ring substituents is 1. The van der Waals surface area contributed by atoms with E-state index in [0.29, 0.717) is 17.9 Å². The van der Waals surface area contributed by atoms with Crippen LogP contribution < -0.4 is 10.6 Å². The topological polar surface area (TPSA) is 72.4 Å². The summed E-state index contributed by atoms with van der Waals surface area (Å²) in [4.78, 5) is 13.0. The Bertz CT molecular complexity index is 532. The second-order valence-corrected chi connectivity index (χ2v) is 6.28. The van der Waals surface area contributed by atoms with Gasteiger partial charge in [0.05, 0.1) is 4.92 Å². The molecule has 20 heavy (non-hydrogen) atoms. The van der Waals surface area contributed by atoms with Crippen LogP contribution in [0.4, 0.5) is 11.4 Å². The van der Waals surface area contributed by atoms with Crippen LogP contribution in [0.3, 0.4) is 0 Å². The molecule has 5 nitrogen and oxygen atoms in total. The number of nitrogens with zero attached hydrogens (tertiary/aromatic N) is 2. The summed E-state index contributed by atoms with van der Waals surface area (Å²) in [5.41, 5.74) is 8.17. The lowest BCUT2D eigenvalue weighted by molar-refractivity contribution is -0.384. The highest BCUT2D eigenvalue weighted by Crippen LogP contribution is 2.38. The van der Waals surface area contributed by atoms with Crippen LogP contribution in [0.15, 0.2) is 18.2 Å². The monoisotopic (exact) mass is 275 g/mol. The molecule has 1 heterocycles. The Kier molecular flexibility index (Phi) is 3.38. The van der Waals surface area contributed by atoms with Crippen LogP contribution in [0.5, 0.6) is 0 Å². The van der Waals surface area contributed by atoms with Crippen molar-refractivity contribution in [1.82, 2.24) is 0 Å². The normalized spacial score (nSPS) is 29.3. The maximum atomic E-state index is 11.0. The van der Waals surface area contributed by atoms with Gasteiger partial charge in [0.15, 0.2) is 0 Å². The van der Waals surface area contributed by atoms with Crippen molar-refractivity contribution in [3.05, 3.63) is 33.9 Å². The van der Waals surface area contributed by atoms with Crippen molar-refractivity contribution in [2.45, 2.75) is 32.2 Å². The first-order valence-electron chi connectivity index (χ1n) is 7.29. The fourth-order valence-corrected chi connectivity index (χ4v) is 3.71. The Morgan fingerprint density at radius 2 is 2.00 bits per heavy atom. The second kappa shape index (κ2) is 5.05. The Balaban J connectivity index is 1.82. The first kappa shape index (κ1) is 13.4. The lowest BCUT2D eigenvalue weighted by atomic mass is 9.79. The zero-order chi connectivity index (χ0) is 14.3. The second-order valence-electron chi connectivity index (χ2n) is 6.28. The van der Waals surface area contributed by atoms with Gasteiger partial charge in [0.25, 0.3) is 5.69 Å². The van der Waals surface area contributed by atoms with Gasteiger partial charge in [0, 0.05) is 37.0 Å². The average molecular weight is 275 g/mol. The third-order valence-electron chi connectivity index (χ3n) is 4.71. The summed E-state index contributed by atoms with van der Waals surface area (Å²) < 4.78 is 0. The maximum Gasteiger partial charge on any atom is 0.271 e. The van der Waals surface area contributed by atoms with Crippen molar-refractivity contribution in [2.75, 3.05) is 18.0 Å². The molecule has 0 radical (unpaired) electrons. The number of non-ortho nitro benzene ring substituents is 1. The van der Waals surface area contributed by atoms with Crippen molar-refractivity contribution in [2.24, 2.45) is 17.6 Å². The number of hydrogen-bond donors (Lipinski definition) is 1. The van der Waals surface area contributed by atoms with E-state index in [0.717, 1.165) is 37.2 Å². The molecule has 1 saturated heterocycles. The minimum absolute atomic E-state index is 0.187. The molecule has 5 heteroatoms. The van der Waals surface area contributed by atoms with Gasteiger partial charge in [-0.15, -0.1) is 0 Å². The molecule has 1 aromatic rings. The summed E-state index contributed by atoms with van der Waals surface area (Å²) in [5.74, 6) is 1.35. The lowest BCUT2D eigenvalue weighted by Crippen LogP contribution is -2.32. The predicted molar refractivity (Wildman–Crippen MR) is 78.9 cm³/mol. The smallest absolute Gasteiger partial charge is 0.271 e. The number of hydrogen-bond acceptors (Lipinski definition) is 4. The van der Waals surface area contributed by atoms with E-state index in [1.54, 1.807) is 12.1 Å². The summed E-state index contributed by atoms with van der Waals surface area (Å²) in [6.07, 6.45) is 3.40. The van der Waals surface area contributed by atoms with Gasteiger partial charge < -0.3 is 10.6 Å². The largest absolute Gasteiger partial charge is 0.371 e. The van der Waals surface area contributed by atoms with Crippen LogP contribution in [-0.4, -0.2) is 24.1 Å². The van der Waals surface area contributed by atoms with E-state index in [1.807, 2.05) is 13.0 Å². The quantitative estimate of drug-likeness (QED) is 0.664. The highest BCUT2D eigenvalue weighted by atomic mass is 16.6. The van der Waals surface area contributed by atoms with Gasteiger partial charge in [0.1, 0.15) is 0 Å². The lowest BCUT2D eigenvalue weighted by Gasteiger charge is -2.27. The molecule has 2 N–H and O–H groups in total. The van der Waals surface area contributed by atoms with E-state index < -0.39 is 0 Å². The molecule has 1 aliphatic carbocycles. The minimum Gasteiger partial charge on any atom is -0.371 e. The van der Waals surface area contributed by atoms with Crippen molar-refractivity contribution >= 4 is 11.4 Å². The molecule has 108 valence electrons. The zero-order valence-corrected chi connectivity index (χ0v) is 11.8. The molecular weight excluding hydrogens is 254 g/mol. The number of nitrogens with two attached hydrogens (primary N) is 1. The standard InChI is InChI=1S/C15H21N3O2/c1-10-4-14(7-15(5-10)18(19)20)17-8-11-2-3-13(16)6-12(11)9-17/h4-5,7,11-13H,2-3,6,8-9,16H2,1H3/t11-,12+,13?/m1/s1. The van der Waals surface area contributed by atoms with Gasteiger partial charge in [-0.05, 0) is 49.7 Å². The van der Waals surface area contributed by atoms with Crippen molar-refractivity contribution in [1.29, 1.82) is 0 Å². The Labute approximate surface area is 118 Å². The fourth-order valence-electron chi connectivity index (χ4n) is 3.71. The highest BCUT2D eigenvalue weighted by molar-refractivity contribution is 5.56. The summed E-state index contributed by atoms with van der Waals surface area (Å²) in [6, 6.07) is 5.71. The molecule has 0 aromatic heterocycles. The number of nitro groups is 1. The van der Waals surface area contributed by atoms with Gasteiger partial charge >= 0.3 is 0 Å². The molecule has 1 aliphatic heterocycles. The minimum atomic E-state index is -0.310. The van der Waals surface area contributed by atoms with Crippen molar-refractivity contribution in [3.8, 4) is 0 Å². The Morgan fingerprint density at radius 1 is 1.25 bits per heavy atom. The van der Waals surface area contributed by atoms with Gasteiger partial charge in [0.2, 0.25) is 0 Å². The molecule has 1 saturated carbocycles. The van der Waals surface area contributed by atoms with Gasteiger partial charge in [-0.1, -0.05) is 0 Å². The fraction of sp³-hybridized carbons (Fsp3) is 0.600. The molecule has 0 spiro atoms. The number of benzene rings is 1. The third-order valence-corrected chi connectivity index (χ3v) is 4.71. The zero-order valence-electron chi connectivity index (χ0n) is 11.8. The van der Waals surface area contributed by atoms with Crippen LogP contribution in [0.1, 0.15) is 24.8 Å². The number of aryl methyl sites for hydroxylation is 1. The summed E-state index contributed by atoms with van der Waals surface area (Å²) in [7, 11) is 0. The molecule has 3 atom stereocenters. The van der Waals surface area contributed by atoms with Gasteiger partial charge in [-0.2, -0.15) is 0 Å². The van der Waals surface area contributed by atoms with Gasteiger partial charge in [-0.25, -0.2) is 0 Å². The number of fused-ring (bicyclic) bond motifs is 1. The van der Waals surface area contributed by atoms with E-state index in [-0.39, 0.29) is 10.6 Å². The van der Waals surface area contributed by atoms with Crippen LogP contribution in [0.2, 0.25) is 0 Å². The van der Waals surface area contributed by atoms with E-state index in [9.17, 15) is 10.1 Å². The predicted octanol–water partition coefficient (Wildman–Crippen LogP) is 2.47. The molecular formula is C15H21N3O2. The molecule has 0 bridgehead atoms. The number of rotatable bonds is 2. The maximum absolute atomic E-state index is 11.0. The van der Waals surface area contributed by atoms with E-state index in [4.69, 9.17) is 5.73 Å². The first-order valence-corrected chi connectivity index (χ1v) is 7.29. The van der Waals surface area contributed by atoms with Crippen molar-refractivity contribution in [3.63, 3.8) is 0 Å². The molecule has 2 fully saturated rings. The van der Waals surface area contributed by atoms with Gasteiger partial charge in [-0.3, -0.25) is 10.1 Å². The Hall–Kier alpha value is -1.62. The SMILES string of the molecule is Cc1cc(N2C[C@H]3CCC(N)C[C@H]3C2)cc([N+](=O)[O-])c1. The molecule has 3 rings (SSSR count). The average Bonchev–Trinajstić information content (AvgIpc) is 2.80. The first-order chi connectivity index (χ1) is 9.52. The van der Waals surface area contributed by atoms with Crippen LogP contribution in [0.25, 0.3) is 0 Å². The Morgan fingerprint density at radius 3 is 2.75 bits per heavy atom. The molecule has 0 amide bonds. The van der Waals surface area contributed by atoms with Crippen LogP contribution >= 0.6 is 0 Å². The van der Waals surface area contributed by atoms with Crippen LogP contribution in [0, 0.1) is 28.9 Å². The summed E-state index contributed by atoms with van der Waals surface area (Å²) >= 11 is 0. The van der Waals surface area contributed by atoms with E-state index >= 15 is 0 Å². The highest BCUT2D eigenvalue weighted by Gasteiger charge is 2.37. The van der Waals surface area contributed by atoms with Crippen LogP contribution in [-0.2, 0) is 0 Å². The number of anilines is 1. The van der Waals surface area contributed by atoms with Crippen molar-refractivity contribution < 1.29 is 4.92 Å². The summed E-state index contributed by atoms with van der Waals surface area (Å²) in [5, 5.41) is 11.0. The van der Waals surface area contributed by atoms with E-state index in [1.165, 1.54) is 6.42 Å². The summed E-state index contributed by atoms with van der Waals surface area (Å²) in [6.45, 7) is 3.91. The molecule has 1 aromatic carbocycles. The molecule has 1 unspecified atom stereocenters.